The van der Waals surface area contributed by atoms with Crippen LogP contribution in [-0.2, 0) is 14.3 Å². The molecule has 0 aliphatic heterocycles. The van der Waals surface area contributed by atoms with Crippen molar-refractivity contribution < 1.29 is 14.3 Å². The minimum absolute atomic E-state index is 0.363. The van der Waals surface area contributed by atoms with Gasteiger partial charge in [-0.1, -0.05) is 11.6 Å². The lowest BCUT2D eigenvalue weighted by molar-refractivity contribution is -0.105. The van der Waals surface area contributed by atoms with Crippen LogP contribution < -0.4 is 0 Å². The Kier molecular flexibility index (Phi) is 3.12. The smallest absolute Gasteiger partial charge is 0.168 e. The van der Waals surface area contributed by atoms with Crippen LogP contribution in [0.3, 0.4) is 0 Å². The maximum atomic E-state index is 10.6. The number of halogens is 1. The van der Waals surface area contributed by atoms with Gasteiger partial charge in [0, 0.05) is 19.6 Å². The van der Waals surface area contributed by atoms with Crippen LogP contribution in [0.15, 0.2) is 23.5 Å². The summed E-state index contributed by atoms with van der Waals surface area (Å²) < 4.78 is 10.0. The second kappa shape index (κ2) is 3.94. The molecule has 1 aliphatic rings. The molecule has 1 aliphatic carbocycles. The van der Waals surface area contributed by atoms with Gasteiger partial charge in [-0.15, -0.1) is 0 Å². The summed E-state index contributed by atoms with van der Waals surface area (Å²) in [5.74, 6) is 0.546. The number of aldehydes is 1. The maximum Gasteiger partial charge on any atom is 0.168 e. The van der Waals surface area contributed by atoms with Crippen LogP contribution in [0.1, 0.15) is 6.42 Å². The summed E-state index contributed by atoms with van der Waals surface area (Å²) in [6, 6.07) is 0. The van der Waals surface area contributed by atoms with E-state index in [-0.39, 0.29) is 0 Å². The van der Waals surface area contributed by atoms with Gasteiger partial charge in [0.05, 0.1) is 7.11 Å². The Hall–Kier alpha value is -0.800. The Labute approximate surface area is 82.0 Å². The highest BCUT2D eigenvalue weighted by Crippen LogP contribution is 2.32. The fourth-order valence-electron chi connectivity index (χ4n) is 1.14. The quantitative estimate of drug-likeness (QED) is 0.516. The zero-order chi connectivity index (χ0) is 9.90. The zero-order valence-corrected chi connectivity index (χ0v) is 8.30. The van der Waals surface area contributed by atoms with Gasteiger partial charge in [0.1, 0.15) is 12.0 Å². The Morgan fingerprint density at radius 3 is 2.77 bits per heavy atom. The molecule has 0 amide bonds. The van der Waals surface area contributed by atoms with E-state index in [1.54, 1.807) is 12.2 Å². The molecule has 0 N–H and O–H groups in total. The van der Waals surface area contributed by atoms with Crippen LogP contribution in [0, 0.1) is 0 Å². The number of hydrogen-bond acceptors (Lipinski definition) is 3. The number of carbonyl (C=O) groups excluding carboxylic acids is 1. The summed E-state index contributed by atoms with van der Waals surface area (Å²) in [6.45, 7) is 0. The predicted octanol–water partition coefficient (Wildman–Crippen LogP) is 1.63. The lowest BCUT2D eigenvalue weighted by Gasteiger charge is -2.25. The normalized spacial score (nSPS) is 27.6. The average Bonchev–Trinajstić information content (AvgIpc) is 2.17. The summed E-state index contributed by atoms with van der Waals surface area (Å²) in [5, 5.41) is -0.948. The molecule has 0 aromatic heterocycles. The number of allylic oxidation sites excluding steroid dienone is 1. The van der Waals surface area contributed by atoms with Crippen LogP contribution in [0.5, 0.6) is 0 Å². The highest BCUT2D eigenvalue weighted by Gasteiger charge is 2.29. The predicted molar refractivity (Wildman–Crippen MR) is 49.4 cm³/mol. The van der Waals surface area contributed by atoms with Gasteiger partial charge < -0.3 is 9.47 Å². The van der Waals surface area contributed by atoms with Crippen molar-refractivity contribution in [1.82, 2.24) is 0 Å². The number of rotatable bonds is 3. The fourth-order valence-corrected chi connectivity index (χ4v) is 1.40. The van der Waals surface area contributed by atoms with Gasteiger partial charge in [-0.05, 0) is 11.6 Å². The van der Waals surface area contributed by atoms with Gasteiger partial charge in [0.15, 0.2) is 5.06 Å². The molecule has 3 nitrogen and oxygen atoms in total. The number of hydrogen-bond donors (Lipinski definition) is 0. The van der Waals surface area contributed by atoms with Gasteiger partial charge in [0.25, 0.3) is 0 Å². The first-order valence-corrected chi connectivity index (χ1v) is 4.18. The van der Waals surface area contributed by atoms with Crippen LogP contribution in [0.4, 0.5) is 0 Å². The minimum atomic E-state index is -0.948. The van der Waals surface area contributed by atoms with Gasteiger partial charge in [-0.3, -0.25) is 4.79 Å². The molecule has 0 heterocycles. The number of carbonyl (C=O) groups is 1. The molecule has 0 bridgehead atoms. The maximum absolute atomic E-state index is 10.6. The molecule has 72 valence electrons. The van der Waals surface area contributed by atoms with Crippen molar-refractivity contribution in [1.29, 1.82) is 0 Å². The van der Waals surface area contributed by atoms with Gasteiger partial charge in [-0.25, -0.2) is 0 Å². The van der Waals surface area contributed by atoms with E-state index >= 15 is 0 Å². The van der Waals surface area contributed by atoms with Crippen LogP contribution in [0.2, 0.25) is 0 Å². The second-order valence-electron chi connectivity index (χ2n) is 2.76. The highest BCUT2D eigenvalue weighted by molar-refractivity contribution is 6.24. The van der Waals surface area contributed by atoms with E-state index in [1.165, 1.54) is 14.2 Å². The third-order valence-corrected chi connectivity index (χ3v) is 2.25. The summed E-state index contributed by atoms with van der Waals surface area (Å²) in [7, 11) is 3.01. The summed E-state index contributed by atoms with van der Waals surface area (Å²) in [5.41, 5.74) is 0.566. The van der Waals surface area contributed by atoms with Crippen molar-refractivity contribution >= 4 is 17.9 Å². The van der Waals surface area contributed by atoms with Crippen LogP contribution >= 0.6 is 11.6 Å². The van der Waals surface area contributed by atoms with Gasteiger partial charge >= 0.3 is 0 Å². The molecule has 0 spiro atoms. The third-order valence-electron chi connectivity index (χ3n) is 1.86. The van der Waals surface area contributed by atoms with E-state index in [2.05, 4.69) is 0 Å². The number of ether oxygens (including phenoxy) is 2. The molecule has 4 heteroatoms. The molecule has 0 fully saturated rings. The number of alkyl halides is 1. The molecule has 0 saturated carbocycles. The molecule has 0 radical (unpaired) electrons. The summed E-state index contributed by atoms with van der Waals surface area (Å²) >= 11 is 6.03. The SMILES string of the molecule is COC1=CC(Cl)(OC)CC(C=O)=C1. The molecule has 0 aromatic rings. The van der Waals surface area contributed by atoms with E-state index in [1.807, 2.05) is 0 Å². The van der Waals surface area contributed by atoms with E-state index in [0.29, 0.717) is 17.8 Å². The molecule has 13 heavy (non-hydrogen) atoms. The fraction of sp³-hybridized carbons (Fsp3) is 0.444. The first kappa shape index (κ1) is 10.3. The standard InChI is InChI=1S/C9H11ClO3/c1-12-8-3-7(6-11)4-9(10,5-8)13-2/h3,5-6H,4H2,1-2H3. The number of methoxy groups -OCH3 is 2. The van der Waals surface area contributed by atoms with Crippen molar-refractivity contribution in [2.24, 2.45) is 0 Å². The molecule has 1 atom stereocenters. The van der Waals surface area contributed by atoms with Gasteiger partial charge in [-0.2, -0.15) is 0 Å². The first-order chi connectivity index (χ1) is 6.13. The van der Waals surface area contributed by atoms with E-state index in [9.17, 15) is 4.79 Å². The van der Waals surface area contributed by atoms with Crippen molar-refractivity contribution in [2.75, 3.05) is 14.2 Å². The van der Waals surface area contributed by atoms with Crippen LogP contribution in [-0.4, -0.2) is 25.6 Å². The lowest BCUT2D eigenvalue weighted by atomic mass is 10.0. The van der Waals surface area contributed by atoms with E-state index in [0.717, 1.165) is 6.29 Å². The molecule has 1 rings (SSSR count). The van der Waals surface area contributed by atoms with Crippen molar-refractivity contribution in [3.8, 4) is 0 Å². The largest absolute Gasteiger partial charge is 0.497 e. The molecular formula is C9H11ClO3. The molecule has 1 unspecified atom stereocenters. The molecule has 0 aromatic carbocycles. The monoisotopic (exact) mass is 202 g/mol. The second-order valence-corrected chi connectivity index (χ2v) is 3.39. The third kappa shape index (κ3) is 2.32. The Morgan fingerprint density at radius 1 is 1.62 bits per heavy atom. The Bertz CT molecular complexity index is 270. The van der Waals surface area contributed by atoms with E-state index in [4.69, 9.17) is 21.1 Å². The van der Waals surface area contributed by atoms with Gasteiger partial charge in [0.2, 0.25) is 0 Å². The Balaban J connectivity index is 2.94. The van der Waals surface area contributed by atoms with E-state index < -0.39 is 5.06 Å². The first-order valence-electron chi connectivity index (χ1n) is 3.80. The molecular weight excluding hydrogens is 192 g/mol. The summed E-state index contributed by atoms with van der Waals surface area (Å²) in [4.78, 5) is 10.6. The summed E-state index contributed by atoms with van der Waals surface area (Å²) in [6.07, 6.45) is 4.40. The highest BCUT2D eigenvalue weighted by atomic mass is 35.5. The topological polar surface area (TPSA) is 35.5 Å². The van der Waals surface area contributed by atoms with Crippen LogP contribution in [0.25, 0.3) is 0 Å². The average molecular weight is 203 g/mol. The Morgan fingerprint density at radius 2 is 2.31 bits per heavy atom. The van der Waals surface area contributed by atoms with Crippen molar-refractivity contribution in [3.63, 3.8) is 0 Å². The van der Waals surface area contributed by atoms with Crippen molar-refractivity contribution in [3.05, 3.63) is 23.5 Å². The molecule has 0 saturated heterocycles. The minimum Gasteiger partial charge on any atom is -0.497 e. The zero-order valence-electron chi connectivity index (χ0n) is 7.54. The van der Waals surface area contributed by atoms with Crippen molar-refractivity contribution in [2.45, 2.75) is 11.5 Å². The lowest BCUT2D eigenvalue weighted by Crippen LogP contribution is -2.25.